The van der Waals surface area contributed by atoms with Crippen molar-refractivity contribution in [3.8, 4) is 5.75 Å². The van der Waals surface area contributed by atoms with E-state index in [1.807, 2.05) is 42.5 Å². The first-order valence-electron chi connectivity index (χ1n) is 7.44. The van der Waals surface area contributed by atoms with E-state index in [2.05, 4.69) is 18.3 Å². The topological polar surface area (TPSA) is 64.3 Å². The minimum absolute atomic E-state index is 0.122. The Morgan fingerprint density at radius 2 is 2.00 bits per heavy atom. The first kappa shape index (κ1) is 14.6. The number of hydrogen-bond donors (Lipinski definition) is 2. The van der Waals surface area contributed by atoms with Gasteiger partial charge in [0, 0.05) is 11.8 Å². The molecule has 2 aromatic carbocycles. The van der Waals surface area contributed by atoms with Gasteiger partial charge in [-0.3, -0.25) is 4.79 Å². The van der Waals surface area contributed by atoms with E-state index in [1.54, 1.807) is 0 Å². The third-order valence-corrected chi connectivity index (χ3v) is 3.99. The number of hydrogen-bond acceptors (Lipinski definition) is 3. The maximum absolute atomic E-state index is 12.0. The number of nitrogens with two attached hydrogens (primary N) is 1. The molecule has 0 unspecified atom stereocenters. The fraction of sp³-hybridized carbons (Fsp3) is 0.278. The fourth-order valence-corrected chi connectivity index (χ4v) is 2.21. The Labute approximate surface area is 130 Å². The van der Waals surface area contributed by atoms with Crippen molar-refractivity contribution in [1.82, 2.24) is 0 Å². The Morgan fingerprint density at radius 1 is 1.23 bits per heavy atom. The van der Waals surface area contributed by atoms with Crippen LogP contribution in [0.2, 0.25) is 0 Å². The van der Waals surface area contributed by atoms with E-state index in [1.165, 1.54) is 5.56 Å². The van der Waals surface area contributed by atoms with Gasteiger partial charge in [0.15, 0.2) is 0 Å². The highest BCUT2D eigenvalue weighted by Gasteiger charge is 2.45. The molecule has 0 atom stereocenters. The van der Waals surface area contributed by atoms with Gasteiger partial charge in [-0.25, -0.2) is 0 Å². The van der Waals surface area contributed by atoms with E-state index in [0.29, 0.717) is 12.3 Å². The number of rotatable bonds is 5. The molecule has 2 aromatic rings. The number of anilines is 1. The molecule has 1 fully saturated rings. The van der Waals surface area contributed by atoms with Crippen molar-refractivity contribution >= 4 is 11.6 Å². The Bertz CT molecular complexity index is 693. The van der Waals surface area contributed by atoms with Crippen LogP contribution in [0, 0.1) is 6.92 Å². The molecule has 1 amide bonds. The summed E-state index contributed by atoms with van der Waals surface area (Å²) < 4.78 is 5.81. The number of ether oxygens (including phenoxy) is 1. The van der Waals surface area contributed by atoms with Crippen LogP contribution in [0.15, 0.2) is 48.5 Å². The first-order valence-corrected chi connectivity index (χ1v) is 7.44. The molecule has 4 heteroatoms. The van der Waals surface area contributed by atoms with Gasteiger partial charge >= 0.3 is 0 Å². The lowest BCUT2D eigenvalue weighted by molar-refractivity contribution is -0.118. The molecule has 0 radical (unpaired) electrons. The second-order valence-electron chi connectivity index (χ2n) is 5.85. The van der Waals surface area contributed by atoms with Crippen molar-refractivity contribution in [1.29, 1.82) is 0 Å². The Kier molecular flexibility index (Phi) is 3.86. The summed E-state index contributed by atoms with van der Waals surface area (Å²) in [6, 6.07) is 15.5. The van der Waals surface area contributed by atoms with Gasteiger partial charge in [0.2, 0.25) is 5.91 Å². The Balaban J connectivity index is 1.64. The smallest absolute Gasteiger partial charge is 0.244 e. The zero-order valence-corrected chi connectivity index (χ0v) is 12.6. The van der Waals surface area contributed by atoms with E-state index in [-0.39, 0.29) is 5.91 Å². The highest BCUT2D eigenvalue weighted by Crippen LogP contribution is 2.33. The summed E-state index contributed by atoms with van der Waals surface area (Å²) in [4.78, 5) is 12.0. The summed E-state index contributed by atoms with van der Waals surface area (Å²) >= 11 is 0. The Morgan fingerprint density at radius 3 is 2.73 bits per heavy atom. The molecule has 0 aliphatic heterocycles. The van der Waals surface area contributed by atoms with Crippen LogP contribution < -0.4 is 15.8 Å². The molecule has 4 nitrogen and oxygen atoms in total. The molecular weight excluding hydrogens is 276 g/mol. The molecular formula is C18H20N2O2. The predicted molar refractivity (Wildman–Crippen MR) is 86.7 cm³/mol. The number of carbonyl (C=O) groups excluding carboxylic acids is 1. The number of nitrogens with one attached hydrogen (secondary N) is 1. The molecule has 0 spiro atoms. The Hall–Kier alpha value is -2.33. The van der Waals surface area contributed by atoms with Crippen molar-refractivity contribution in [2.45, 2.75) is 31.9 Å². The maximum atomic E-state index is 12.0. The van der Waals surface area contributed by atoms with Crippen LogP contribution in [0.4, 0.5) is 5.69 Å². The van der Waals surface area contributed by atoms with Gasteiger partial charge in [0.25, 0.3) is 0 Å². The first-order chi connectivity index (χ1) is 10.6. The maximum Gasteiger partial charge on any atom is 0.244 e. The molecule has 114 valence electrons. The molecule has 1 saturated carbocycles. The van der Waals surface area contributed by atoms with Gasteiger partial charge in [0.1, 0.15) is 12.4 Å². The number of benzene rings is 2. The number of aryl methyl sites for hydroxylation is 1. The second-order valence-corrected chi connectivity index (χ2v) is 5.85. The largest absolute Gasteiger partial charge is 0.489 e. The van der Waals surface area contributed by atoms with Crippen molar-refractivity contribution in [2.75, 3.05) is 5.32 Å². The summed E-state index contributed by atoms with van der Waals surface area (Å²) in [6.45, 7) is 2.57. The predicted octanol–water partition coefficient (Wildman–Crippen LogP) is 3.00. The third kappa shape index (κ3) is 3.28. The molecule has 0 saturated heterocycles. The third-order valence-electron chi connectivity index (χ3n) is 3.99. The molecule has 3 N–H and O–H groups in total. The van der Waals surface area contributed by atoms with Crippen molar-refractivity contribution in [3.05, 3.63) is 59.7 Å². The quantitative estimate of drug-likeness (QED) is 0.891. The highest BCUT2D eigenvalue weighted by atomic mass is 16.5. The highest BCUT2D eigenvalue weighted by molar-refractivity contribution is 6.00. The molecule has 0 aromatic heterocycles. The van der Waals surface area contributed by atoms with Crippen LogP contribution in [-0.4, -0.2) is 11.4 Å². The molecule has 1 aliphatic rings. The normalized spacial score (nSPS) is 15.2. The summed E-state index contributed by atoms with van der Waals surface area (Å²) in [7, 11) is 0. The van der Waals surface area contributed by atoms with Crippen LogP contribution in [-0.2, 0) is 11.4 Å². The van der Waals surface area contributed by atoms with Crippen molar-refractivity contribution in [3.63, 3.8) is 0 Å². The summed E-state index contributed by atoms with van der Waals surface area (Å²) in [6.07, 6.45) is 1.50. The van der Waals surface area contributed by atoms with Crippen LogP contribution in [0.5, 0.6) is 5.75 Å². The average Bonchev–Trinajstić information content (AvgIpc) is 3.26. The van der Waals surface area contributed by atoms with E-state index in [0.717, 1.165) is 24.2 Å². The summed E-state index contributed by atoms with van der Waals surface area (Å²) in [5.74, 6) is 0.603. The van der Waals surface area contributed by atoms with Crippen molar-refractivity contribution < 1.29 is 9.53 Å². The van der Waals surface area contributed by atoms with Crippen LogP contribution in [0.25, 0.3) is 0 Å². The zero-order valence-electron chi connectivity index (χ0n) is 12.6. The van der Waals surface area contributed by atoms with E-state index >= 15 is 0 Å². The molecule has 0 bridgehead atoms. The van der Waals surface area contributed by atoms with Crippen molar-refractivity contribution in [2.24, 2.45) is 5.73 Å². The number of carbonyl (C=O) groups is 1. The van der Waals surface area contributed by atoms with Crippen LogP contribution >= 0.6 is 0 Å². The standard InChI is InChI=1S/C18H20N2O2/c1-13-5-2-3-6-14(13)12-22-16-8-4-7-15(11-16)20-17(21)18(19)9-10-18/h2-8,11H,9-10,12,19H2,1H3,(H,20,21). The number of amides is 1. The lowest BCUT2D eigenvalue weighted by Gasteiger charge is -2.12. The van der Waals surface area contributed by atoms with Gasteiger partial charge in [-0.15, -0.1) is 0 Å². The van der Waals surface area contributed by atoms with Gasteiger partial charge in [-0.1, -0.05) is 30.3 Å². The van der Waals surface area contributed by atoms with Crippen LogP contribution in [0.1, 0.15) is 24.0 Å². The van der Waals surface area contributed by atoms with E-state index in [9.17, 15) is 4.79 Å². The second kappa shape index (κ2) is 5.81. The summed E-state index contributed by atoms with van der Waals surface area (Å²) in [5, 5.41) is 2.85. The monoisotopic (exact) mass is 296 g/mol. The minimum Gasteiger partial charge on any atom is -0.489 e. The molecule has 0 heterocycles. The lowest BCUT2D eigenvalue weighted by Crippen LogP contribution is -2.37. The average molecular weight is 296 g/mol. The lowest BCUT2D eigenvalue weighted by atomic mass is 10.1. The van der Waals surface area contributed by atoms with Crippen LogP contribution in [0.3, 0.4) is 0 Å². The molecule has 1 aliphatic carbocycles. The molecule has 3 rings (SSSR count). The summed E-state index contributed by atoms with van der Waals surface area (Å²) in [5.41, 5.74) is 8.28. The SMILES string of the molecule is Cc1ccccc1COc1cccc(NC(=O)C2(N)CC2)c1. The fourth-order valence-electron chi connectivity index (χ4n) is 2.21. The van der Waals surface area contributed by atoms with E-state index < -0.39 is 5.54 Å². The molecule has 22 heavy (non-hydrogen) atoms. The zero-order chi connectivity index (χ0) is 15.6. The van der Waals surface area contributed by atoms with E-state index in [4.69, 9.17) is 10.5 Å². The van der Waals surface area contributed by atoms with Gasteiger partial charge in [0.05, 0.1) is 5.54 Å². The van der Waals surface area contributed by atoms with Gasteiger partial charge in [-0.05, 0) is 43.0 Å². The van der Waals surface area contributed by atoms with Gasteiger partial charge < -0.3 is 15.8 Å². The minimum atomic E-state index is -0.669. The van der Waals surface area contributed by atoms with Gasteiger partial charge in [-0.2, -0.15) is 0 Å².